The summed E-state index contributed by atoms with van der Waals surface area (Å²) in [4.78, 5) is 2.39. The summed E-state index contributed by atoms with van der Waals surface area (Å²) in [6.07, 6.45) is 3.65. The second kappa shape index (κ2) is 8.11. The van der Waals surface area contributed by atoms with E-state index in [-0.39, 0.29) is 5.82 Å². The van der Waals surface area contributed by atoms with Gasteiger partial charge in [-0.15, -0.1) is 0 Å². The summed E-state index contributed by atoms with van der Waals surface area (Å²) < 4.78 is 13.9. The summed E-state index contributed by atoms with van der Waals surface area (Å²) in [6, 6.07) is 5.33. The minimum Gasteiger partial charge on any atom is -0.315 e. The lowest BCUT2D eigenvalue weighted by Crippen LogP contribution is -2.45. The van der Waals surface area contributed by atoms with Crippen molar-refractivity contribution in [3.05, 3.63) is 34.6 Å². The maximum absolute atomic E-state index is 13.9. The smallest absolute Gasteiger partial charge is 0.127 e. The van der Waals surface area contributed by atoms with Gasteiger partial charge in [0.15, 0.2) is 0 Å². The SMILES string of the molecule is CC(C)CNCC1CCCCN1Cc1cc(Cl)ccc1F. The van der Waals surface area contributed by atoms with Gasteiger partial charge in [-0.1, -0.05) is 31.9 Å². The second-order valence-corrected chi connectivity index (χ2v) is 6.84. The number of benzene rings is 1. The fourth-order valence-electron chi connectivity index (χ4n) is 2.92. The molecule has 0 saturated carbocycles. The van der Waals surface area contributed by atoms with E-state index in [1.807, 2.05) is 0 Å². The van der Waals surface area contributed by atoms with E-state index in [0.717, 1.165) is 19.6 Å². The van der Waals surface area contributed by atoms with Gasteiger partial charge in [0, 0.05) is 29.7 Å². The van der Waals surface area contributed by atoms with Crippen LogP contribution in [0.15, 0.2) is 18.2 Å². The van der Waals surface area contributed by atoms with Gasteiger partial charge >= 0.3 is 0 Å². The van der Waals surface area contributed by atoms with Gasteiger partial charge in [-0.25, -0.2) is 4.39 Å². The molecule has 4 heteroatoms. The van der Waals surface area contributed by atoms with Gasteiger partial charge in [0.25, 0.3) is 0 Å². The summed E-state index contributed by atoms with van der Waals surface area (Å²) in [5, 5.41) is 4.14. The molecule has 1 unspecified atom stereocenters. The van der Waals surface area contributed by atoms with Gasteiger partial charge in [-0.2, -0.15) is 0 Å². The number of rotatable bonds is 6. The van der Waals surface area contributed by atoms with E-state index >= 15 is 0 Å². The second-order valence-electron chi connectivity index (χ2n) is 6.41. The molecular formula is C17H26ClFN2. The Labute approximate surface area is 132 Å². The number of likely N-dealkylation sites (tertiary alicyclic amines) is 1. The van der Waals surface area contributed by atoms with Gasteiger partial charge < -0.3 is 5.32 Å². The standard InChI is InChI=1S/C17H26ClFN2/c1-13(2)10-20-11-16-5-3-4-8-21(16)12-14-9-15(18)6-7-17(14)19/h6-7,9,13,16,20H,3-5,8,10-12H2,1-2H3. The van der Waals surface area contributed by atoms with E-state index < -0.39 is 0 Å². The Morgan fingerprint density at radius 1 is 1.38 bits per heavy atom. The molecular weight excluding hydrogens is 287 g/mol. The Hall–Kier alpha value is -0.640. The molecule has 2 rings (SSSR count). The van der Waals surface area contributed by atoms with E-state index in [0.29, 0.717) is 29.1 Å². The number of nitrogens with zero attached hydrogens (tertiary/aromatic N) is 1. The van der Waals surface area contributed by atoms with E-state index in [1.54, 1.807) is 12.1 Å². The molecule has 2 nitrogen and oxygen atoms in total. The van der Waals surface area contributed by atoms with Crippen LogP contribution in [0.1, 0.15) is 38.7 Å². The molecule has 1 atom stereocenters. The van der Waals surface area contributed by atoms with Gasteiger partial charge in [0.05, 0.1) is 0 Å². The van der Waals surface area contributed by atoms with Crippen LogP contribution in [0.3, 0.4) is 0 Å². The minimum absolute atomic E-state index is 0.154. The van der Waals surface area contributed by atoms with Crippen LogP contribution in [0.4, 0.5) is 4.39 Å². The van der Waals surface area contributed by atoms with Crippen molar-refractivity contribution in [2.45, 2.75) is 45.7 Å². The summed E-state index contributed by atoms with van der Waals surface area (Å²) >= 11 is 5.99. The molecule has 0 amide bonds. The van der Waals surface area contributed by atoms with Crippen LogP contribution >= 0.6 is 11.6 Å². The predicted molar refractivity (Wildman–Crippen MR) is 87.2 cm³/mol. The average molecular weight is 313 g/mol. The van der Waals surface area contributed by atoms with Crippen molar-refractivity contribution in [2.24, 2.45) is 5.92 Å². The summed E-state index contributed by atoms with van der Waals surface area (Å²) in [6.45, 7) is 8.15. The van der Waals surface area contributed by atoms with Crippen LogP contribution in [0, 0.1) is 11.7 Å². The summed E-state index contributed by atoms with van der Waals surface area (Å²) in [5.74, 6) is 0.506. The van der Waals surface area contributed by atoms with Crippen LogP contribution in [0.5, 0.6) is 0 Å². The molecule has 1 aromatic rings. The predicted octanol–water partition coefficient (Wildman–Crippen LogP) is 4.08. The molecule has 1 saturated heterocycles. The molecule has 21 heavy (non-hydrogen) atoms. The maximum atomic E-state index is 13.9. The topological polar surface area (TPSA) is 15.3 Å². The highest BCUT2D eigenvalue weighted by Gasteiger charge is 2.23. The van der Waals surface area contributed by atoms with Gasteiger partial charge in [0.1, 0.15) is 5.82 Å². The number of halogens is 2. The Morgan fingerprint density at radius 3 is 2.95 bits per heavy atom. The molecule has 0 aromatic heterocycles. The molecule has 1 aliphatic heterocycles. The Morgan fingerprint density at radius 2 is 2.19 bits per heavy atom. The summed E-state index contributed by atoms with van der Waals surface area (Å²) in [5.41, 5.74) is 0.707. The largest absolute Gasteiger partial charge is 0.315 e. The molecule has 1 fully saturated rings. The van der Waals surface area contributed by atoms with Gasteiger partial charge in [-0.3, -0.25) is 4.90 Å². The lowest BCUT2D eigenvalue weighted by Gasteiger charge is -2.36. The number of hydrogen-bond donors (Lipinski definition) is 1. The molecule has 1 heterocycles. The van der Waals surface area contributed by atoms with Crippen LogP contribution in [-0.2, 0) is 6.54 Å². The Balaban J connectivity index is 1.96. The highest BCUT2D eigenvalue weighted by molar-refractivity contribution is 6.30. The third-order valence-corrected chi connectivity index (χ3v) is 4.30. The van der Waals surface area contributed by atoms with Gasteiger partial charge in [0.2, 0.25) is 0 Å². The first kappa shape index (κ1) is 16.7. The zero-order valence-corrected chi connectivity index (χ0v) is 13.8. The summed E-state index contributed by atoms with van der Waals surface area (Å²) in [7, 11) is 0. The van der Waals surface area contributed by atoms with Crippen LogP contribution < -0.4 is 5.32 Å². The van der Waals surface area contributed by atoms with Crippen LogP contribution in [0.2, 0.25) is 5.02 Å². The van der Waals surface area contributed by atoms with Crippen molar-refractivity contribution in [2.75, 3.05) is 19.6 Å². The average Bonchev–Trinajstić information content (AvgIpc) is 2.44. The lowest BCUT2D eigenvalue weighted by molar-refractivity contribution is 0.135. The molecule has 0 radical (unpaired) electrons. The minimum atomic E-state index is -0.154. The quantitative estimate of drug-likeness (QED) is 0.851. The highest BCUT2D eigenvalue weighted by Crippen LogP contribution is 2.22. The molecule has 0 aliphatic carbocycles. The van der Waals surface area contributed by atoms with E-state index in [9.17, 15) is 4.39 Å². The molecule has 118 valence electrons. The van der Waals surface area contributed by atoms with E-state index in [1.165, 1.54) is 25.3 Å². The van der Waals surface area contributed by atoms with Gasteiger partial charge in [-0.05, 0) is 50.0 Å². The van der Waals surface area contributed by atoms with E-state index in [4.69, 9.17) is 11.6 Å². The molecule has 0 bridgehead atoms. The first-order valence-electron chi connectivity index (χ1n) is 7.95. The normalized spacial score (nSPS) is 20.1. The monoisotopic (exact) mass is 312 g/mol. The van der Waals surface area contributed by atoms with Crippen molar-refractivity contribution in [1.29, 1.82) is 0 Å². The third kappa shape index (κ3) is 5.24. The Kier molecular flexibility index (Phi) is 6.46. The number of nitrogens with one attached hydrogen (secondary N) is 1. The molecule has 1 N–H and O–H groups in total. The fraction of sp³-hybridized carbons (Fsp3) is 0.647. The lowest BCUT2D eigenvalue weighted by atomic mass is 10.0. The Bertz CT molecular complexity index is 450. The zero-order valence-electron chi connectivity index (χ0n) is 13.0. The number of piperidine rings is 1. The van der Waals surface area contributed by atoms with Crippen molar-refractivity contribution in [3.63, 3.8) is 0 Å². The maximum Gasteiger partial charge on any atom is 0.127 e. The molecule has 1 aromatic carbocycles. The zero-order chi connectivity index (χ0) is 15.2. The number of hydrogen-bond acceptors (Lipinski definition) is 2. The van der Waals surface area contributed by atoms with Crippen LogP contribution in [-0.4, -0.2) is 30.6 Å². The fourth-order valence-corrected chi connectivity index (χ4v) is 3.12. The highest BCUT2D eigenvalue weighted by atomic mass is 35.5. The van der Waals surface area contributed by atoms with Crippen molar-refractivity contribution >= 4 is 11.6 Å². The van der Waals surface area contributed by atoms with E-state index in [2.05, 4.69) is 24.1 Å². The van der Waals surface area contributed by atoms with Crippen molar-refractivity contribution in [3.8, 4) is 0 Å². The van der Waals surface area contributed by atoms with Crippen molar-refractivity contribution in [1.82, 2.24) is 10.2 Å². The first-order chi connectivity index (χ1) is 10.1. The van der Waals surface area contributed by atoms with Crippen molar-refractivity contribution < 1.29 is 4.39 Å². The van der Waals surface area contributed by atoms with Crippen LogP contribution in [0.25, 0.3) is 0 Å². The molecule has 0 spiro atoms. The first-order valence-corrected chi connectivity index (χ1v) is 8.32. The molecule has 1 aliphatic rings. The third-order valence-electron chi connectivity index (χ3n) is 4.06.